The zero-order valence-corrected chi connectivity index (χ0v) is 11.6. The highest BCUT2D eigenvalue weighted by atomic mass is 32.2. The summed E-state index contributed by atoms with van der Waals surface area (Å²) in [6.07, 6.45) is -4.71. The molecule has 2 rings (SSSR count). The molecule has 7 heteroatoms. The van der Waals surface area contributed by atoms with Crippen molar-refractivity contribution in [3.05, 3.63) is 29.8 Å². The number of nitrogen functional groups attached to an aromatic ring is 1. The molecule has 1 aromatic carbocycles. The van der Waals surface area contributed by atoms with E-state index >= 15 is 0 Å². The van der Waals surface area contributed by atoms with Crippen molar-refractivity contribution in [2.45, 2.75) is 35.6 Å². The van der Waals surface area contributed by atoms with Gasteiger partial charge in [-0.15, -0.1) is 11.8 Å². The van der Waals surface area contributed by atoms with Gasteiger partial charge in [0.25, 0.3) is 0 Å². The van der Waals surface area contributed by atoms with Crippen LogP contribution in [0.25, 0.3) is 0 Å². The molecular formula is C13H19NO5S. The smallest absolute Gasteiger partial charge is 0.132 e. The topological polar surface area (TPSA) is 116 Å². The summed E-state index contributed by atoms with van der Waals surface area (Å²) in [4.78, 5) is 0. The van der Waals surface area contributed by atoms with Gasteiger partial charge in [-0.25, -0.2) is 0 Å². The Labute approximate surface area is 121 Å². The molecule has 5 atom stereocenters. The average Bonchev–Trinajstić information content (AvgIpc) is 2.46. The fourth-order valence-corrected chi connectivity index (χ4v) is 3.13. The van der Waals surface area contributed by atoms with E-state index in [2.05, 4.69) is 0 Å². The minimum atomic E-state index is -1.33. The van der Waals surface area contributed by atoms with Crippen molar-refractivity contribution in [1.29, 1.82) is 0 Å². The van der Waals surface area contributed by atoms with E-state index < -0.39 is 36.5 Å². The van der Waals surface area contributed by atoms with Gasteiger partial charge in [0, 0.05) is 11.4 Å². The van der Waals surface area contributed by atoms with Crippen molar-refractivity contribution < 1.29 is 25.2 Å². The maximum atomic E-state index is 9.89. The van der Waals surface area contributed by atoms with Crippen LogP contribution in [0.1, 0.15) is 5.56 Å². The van der Waals surface area contributed by atoms with Gasteiger partial charge in [-0.3, -0.25) is 0 Å². The van der Waals surface area contributed by atoms with Gasteiger partial charge in [0.15, 0.2) is 0 Å². The van der Waals surface area contributed by atoms with Gasteiger partial charge >= 0.3 is 0 Å². The molecule has 20 heavy (non-hydrogen) atoms. The molecule has 6 N–H and O–H groups in total. The van der Waals surface area contributed by atoms with Crippen LogP contribution in [0.2, 0.25) is 0 Å². The maximum absolute atomic E-state index is 9.89. The number of hydrogen-bond acceptors (Lipinski definition) is 7. The summed E-state index contributed by atoms with van der Waals surface area (Å²) in [6, 6.07) is 7.30. The highest BCUT2D eigenvalue weighted by Crippen LogP contribution is 2.30. The summed E-state index contributed by atoms with van der Waals surface area (Å²) in [5, 5.41) is 38.3. The number of aliphatic hydroxyl groups excluding tert-OH is 4. The molecule has 0 aromatic heterocycles. The van der Waals surface area contributed by atoms with Gasteiger partial charge < -0.3 is 30.9 Å². The summed E-state index contributed by atoms with van der Waals surface area (Å²) in [7, 11) is 0. The molecule has 0 saturated carbocycles. The van der Waals surface area contributed by atoms with Gasteiger partial charge in [0.2, 0.25) is 0 Å². The van der Waals surface area contributed by atoms with Gasteiger partial charge in [0.05, 0.1) is 6.61 Å². The highest BCUT2D eigenvalue weighted by molar-refractivity contribution is 7.99. The number of benzene rings is 1. The second-order valence-electron chi connectivity index (χ2n) is 4.75. The van der Waals surface area contributed by atoms with Crippen molar-refractivity contribution >= 4 is 17.4 Å². The van der Waals surface area contributed by atoms with Gasteiger partial charge in [-0.05, 0) is 17.7 Å². The maximum Gasteiger partial charge on any atom is 0.132 e. The van der Waals surface area contributed by atoms with Crippen LogP contribution in [0.3, 0.4) is 0 Å². The summed E-state index contributed by atoms with van der Waals surface area (Å²) >= 11 is 1.29. The molecular weight excluding hydrogens is 282 g/mol. The van der Waals surface area contributed by atoms with Crippen molar-refractivity contribution in [2.24, 2.45) is 0 Å². The van der Waals surface area contributed by atoms with E-state index in [0.29, 0.717) is 11.4 Å². The van der Waals surface area contributed by atoms with Gasteiger partial charge in [0.1, 0.15) is 29.9 Å². The molecule has 0 aliphatic carbocycles. The molecule has 6 nitrogen and oxygen atoms in total. The van der Waals surface area contributed by atoms with E-state index in [-0.39, 0.29) is 0 Å². The molecule has 1 saturated heterocycles. The first kappa shape index (κ1) is 15.6. The Balaban J connectivity index is 1.95. The van der Waals surface area contributed by atoms with E-state index in [1.54, 1.807) is 12.1 Å². The number of aliphatic hydroxyl groups is 4. The lowest BCUT2D eigenvalue weighted by Crippen LogP contribution is -2.57. The van der Waals surface area contributed by atoms with Crippen LogP contribution >= 0.6 is 11.8 Å². The van der Waals surface area contributed by atoms with Crippen LogP contribution in [-0.4, -0.2) is 56.9 Å². The number of ether oxygens (including phenoxy) is 1. The fourth-order valence-electron chi connectivity index (χ4n) is 2.00. The predicted octanol–water partition coefficient (Wildman–Crippen LogP) is -0.698. The Hall–Kier alpha value is -0.830. The van der Waals surface area contributed by atoms with Gasteiger partial charge in [-0.2, -0.15) is 0 Å². The largest absolute Gasteiger partial charge is 0.399 e. The lowest BCUT2D eigenvalue weighted by atomic mass is 10.0. The fraction of sp³-hybridized carbons (Fsp3) is 0.538. The molecule has 0 amide bonds. The van der Waals surface area contributed by atoms with Crippen molar-refractivity contribution in [1.82, 2.24) is 0 Å². The number of hydrogen-bond donors (Lipinski definition) is 5. The van der Waals surface area contributed by atoms with Crippen molar-refractivity contribution in [3.63, 3.8) is 0 Å². The molecule has 1 heterocycles. The van der Waals surface area contributed by atoms with E-state index in [1.165, 1.54) is 11.8 Å². The summed E-state index contributed by atoms with van der Waals surface area (Å²) in [5.74, 6) is 0.559. The number of anilines is 1. The third-order valence-corrected chi connectivity index (χ3v) is 4.46. The van der Waals surface area contributed by atoms with Gasteiger partial charge in [-0.1, -0.05) is 12.1 Å². The predicted molar refractivity (Wildman–Crippen MR) is 75.9 cm³/mol. The Bertz CT molecular complexity index is 427. The standard InChI is InChI=1S/C13H19NO5S/c14-8-3-1-7(2-4-8)6-20-13-12(18)11(17)10(16)9(5-15)19-13/h1-4,9-13,15-18H,5-6,14H2/t9?,10-,11-,12?,13+/m1/s1. The van der Waals surface area contributed by atoms with Crippen LogP contribution in [0.15, 0.2) is 24.3 Å². The van der Waals surface area contributed by atoms with Crippen LogP contribution in [0.4, 0.5) is 5.69 Å². The summed E-state index contributed by atoms with van der Waals surface area (Å²) in [5.41, 5.74) is 6.57. The quantitative estimate of drug-likeness (QED) is 0.467. The molecule has 1 fully saturated rings. The lowest BCUT2D eigenvalue weighted by molar-refractivity contribution is -0.205. The zero-order chi connectivity index (χ0) is 14.7. The highest BCUT2D eigenvalue weighted by Gasteiger charge is 2.43. The van der Waals surface area contributed by atoms with Crippen molar-refractivity contribution in [2.75, 3.05) is 12.3 Å². The summed E-state index contributed by atoms with van der Waals surface area (Å²) < 4.78 is 5.40. The Morgan fingerprint density at radius 2 is 1.70 bits per heavy atom. The lowest BCUT2D eigenvalue weighted by Gasteiger charge is -2.39. The van der Waals surface area contributed by atoms with Crippen LogP contribution in [-0.2, 0) is 10.5 Å². The van der Waals surface area contributed by atoms with Crippen LogP contribution in [0.5, 0.6) is 0 Å². The molecule has 1 aliphatic rings. The second kappa shape index (κ2) is 6.75. The number of nitrogens with two attached hydrogens (primary N) is 1. The number of thioether (sulfide) groups is 1. The number of rotatable bonds is 4. The molecule has 1 aromatic rings. The molecule has 0 bridgehead atoms. The van der Waals surface area contributed by atoms with Crippen LogP contribution in [0, 0.1) is 0 Å². The molecule has 0 radical (unpaired) electrons. The normalized spacial score (nSPS) is 34.1. The average molecular weight is 301 g/mol. The second-order valence-corrected chi connectivity index (χ2v) is 5.84. The Morgan fingerprint density at radius 1 is 1.05 bits per heavy atom. The van der Waals surface area contributed by atoms with E-state index in [9.17, 15) is 15.3 Å². The summed E-state index contributed by atoms with van der Waals surface area (Å²) in [6.45, 7) is -0.413. The minimum Gasteiger partial charge on any atom is -0.399 e. The first-order valence-electron chi connectivity index (χ1n) is 6.29. The Kier molecular flexibility index (Phi) is 5.25. The molecule has 0 spiro atoms. The van der Waals surface area contributed by atoms with E-state index in [0.717, 1.165) is 5.56 Å². The van der Waals surface area contributed by atoms with Crippen molar-refractivity contribution in [3.8, 4) is 0 Å². The van der Waals surface area contributed by atoms with E-state index in [4.69, 9.17) is 15.6 Å². The molecule has 112 valence electrons. The first-order valence-corrected chi connectivity index (χ1v) is 7.34. The van der Waals surface area contributed by atoms with E-state index in [1.807, 2.05) is 12.1 Å². The molecule has 2 unspecified atom stereocenters. The monoisotopic (exact) mass is 301 g/mol. The zero-order valence-electron chi connectivity index (χ0n) is 10.8. The third-order valence-electron chi connectivity index (χ3n) is 3.24. The van der Waals surface area contributed by atoms with Crippen LogP contribution < -0.4 is 5.73 Å². The third kappa shape index (κ3) is 3.43. The SMILES string of the molecule is Nc1ccc(CS[C@@H]2OC(CO)[C@@H](O)[C@@H](O)C2O)cc1. The minimum absolute atomic E-state index is 0.413. The molecule has 1 aliphatic heterocycles. The first-order chi connectivity index (χ1) is 9.52. The Morgan fingerprint density at radius 3 is 2.30 bits per heavy atom.